The van der Waals surface area contributed by atoms with Crippen LogP contribution >= 0.6 is 0 Å². The molecule has 21 heavy (non-hydrogen) atoms. The van der Waals surface area contributed by atoms with Gasteiger partial charge < -0.3 is 16.4 Å². The van der Waals surface area contributed by atoms with Gasteiger partial charge in [0.05, 0.1) is 0 Å². The first-order chi connectivity index (χ1) is 9.86. The van der Waals surface area contributed by atoms with Crippen molar-refractivity contribution < 1.29 is 4.79 Å². The zero-order valence-electron chi connectivity index (χ0n) is 12.7. The smallest absolute Gasteiger partial charge is 0.330 e. The molecule has 118 valence electrons. The SMILES string of the molecule is CCn1c(N)c(NCCC(=O)NCC(C)C)c(=O)[nH]c1=O. The largest absolute Gasteiger partial charge is 0.383 e. The van der Waals surface area contributed by atoms with Crippen molar-refractivity contribution in [1.29, 1.82) is 0 Å². The topological polar surface area (TPSA) is 122 Å². The summed E-state index contributed by atoms with van der Waals surface area (Å²) >= 11 is 0. The van der Waals surface area contributed by atoms with Crippen LogP contribution in [-0.2, 0) is 11.3 Å². The number of anilines is 2. The number of carbonyl (C=O) groups is 1. The number of nitrogen functional groups attached to an aromatic ring is 1. The Morgan fingerprint density at radius 2 is 2.05 bits per heavy atom. The number of aromatic amines is 1. The van der Waals surface area contributed by atoms with E-state index >= 15 is 0 Å². The van der Waals surface area contributed by atoms with Crippen LogP contribution in [-0.4, -0.2) is 28.5 Å². The van der Waals surface area contributed by atoms with E-state index in [-0.39, 0.29) is 30.4 Å². The van der Waals surface area contributed by atoms with Gasteiger partial charge in [-0.25, -0.2) is 4.79 Å². The van der Waals surface area contributed by atoms with Crippen molar-refractivity contribution >= 4 is 17.4 Å². The van der Waals surface area contributed by atoms with Crippen LogP contribution in [0.1, 0.15) is 27.2 Å². The third-order valence-electron chi connectivity index (χ3n) is 2.92. The Morgan fingerprint density at radius 3 is 2.62 bits per heavy atom. The molecule has 1 aromatic heterocycles. The third kappa shape index (κ3) is 4.66. The fraction of sp³-hybridized carbons (Fsp3) is 0.615. The van der Waals surface area contributed by atoms with E-state index in [1.54, 1.807) is 6.92 Å². The van der Waals surface area contributed by atoms with E-state index in [0.29, 0.717) is 19.0 Å². The molecule has 1 rings (SSSR count). The van der Waals surface area contributed by atoms with E-state index in [2.05, 4.69) is 15.6 Å². The van der Waals surface area contributed by atoms with Gasteiger partial charge in [-0.3, -0.25) is 19.1 Å². The quantitative estimate of drug-likeness (QED) is 0.551. The van der Waals surface area contributed by atoms with E-state index in [0.717, 1.165) is 0 Å². The lowest BCUT2D eigenvalue weighted by atomic mass is 10.2. The molecule has 0 spiro atoms. The lowest BCUT2D eigenvalue weighted by molar-refractivity contribution is -0.120. The zero-order valence-corrected chi connectivity index (χ0v) is 12.7. The highest BCUT2D eigenvalue weighted by Crippen LogP contribution is 2.09. The molecule has 1 heterocycles. The fourth-order valence-electron chi connectivity index (χ4n) is 1.78. The summed E-state index contributed by atoms with van der Waals surface area (Å²) in [6, 6.07) is 0. The third-order valence-corrected chi connectivity index (χ3v) is 2.92. The number of H-pyrrole nitrogens is 1. The van der Waals surface area contributed by atoms with Crippen LogP contribution < -0.4 is 27.6 Å². The van der Waals surface area contributed by atoms with Crippen LogP contribution in [0.5, 0.6) is 0 Å². The maximum Gasteiger partial charge on any atom is 0.330 e. The monoisotopic (exact) mass is 297 g/mol. The Kier molecular flexibility index (Phi) is 6.01. The van der Waals surface area contributed by atoms with Crippen molar-refractivity contribution in [2.75, 3.05) is 24.1 Å². The Bertz CT molecular complexity index is 603. The van der Waals surface area contributed by atoms with Crippen LogP contribution in [0.3, 0.4) is 0 Å². The molecule has 0 aliphatic heterocycles. The van der Waals surface area contributed by atoms with E-state index < -0.39 is 11.2 Å². The molecule has 0 atom stereocenters. The maximum atomic E-state index is 11.7. The van der Waals surface area contributed by atoms with Crippen LogP contribution in [0.4, 0.5) is 11.5 Å². The summed E-state index contributed by atoms with van der Waals surface area (Å²) in [5, 5.41) is 5.59. The average molecular weight is 297 g/mol. The van der Waals surface area contributed by atoms with Gasteiger partial charge >= 0.3 is 5.69 Å². The van der Waals surface area contributed by atoms with Crippen molar-refractivity contribution in [2.24, 2.45) is 5.92 Å². The van der Waals surface area contributed by atoms with Gasteiger partial charge in [-0.1, -0.05) is 13.8 Å². The molecule has 0 saturated carbocycles. The van der Waals surface area contributed by atoms with Crippen molar-refractivity contribution in [1.82, 2.24) is 14.9 Å². The second-order valence-electron chi connectivity index (χ2n) is 5.14. The van der Waals surface area contributed by atoms with Gasteiger partial charge in [0, 0.05) is 26.1 Å². The first-order valence-electron chi connectivity index (χ1n) is 7.00. The lowest BCUT2D eigenvalue weighted by Crippen LogP contribution is -2.34. The van der Waals surface area contributed by atoms with E-state index in [1.165, 1.54) is 4.57 Å². The number of hydrogen-bond donors (Lipinski definition) is 4. The van der Waals surface area contributed by atoms with E-state index in [9.17, 15) is 14.4 Å². The minimum Gasteiger partial charge on any atom is -0.383 e. The number of hydrogen-bond acceptors (Lipinski definition) is 5. The van der Waals surface area contributed by atoms with E-state index in [1.807, 2.05) is 13.8 Å². The molecule has 0 saturated heterocycles. The maximum absolute atomic E-state index is 11.7. The van der Waals surface area contributed by atoms with Gasteiger partial charge in [0.25, 0.3) is 5.56 Å². The highest BCUT2D eigenvalue weighted by molar-refractivity contribution is 5.76. The molecule has 8 nitrogen and oxygen atoms in total. The predicted molar refractivity (Wildman–Crippen MR) is 82.4 cm³/mol. The molecular weight excluding hydrogens is 274 g/mol. The molecule has 1 aromatic rings. The lowest BCUT2D eigenvalue weighted by Gasteiger charge is -2.12. The Labute approximate surface area is 122 Å². The van der Waals surface area contributed by atoms with Gasteiger partial charge in [0.2, 0.25) is 5.91 Å². The van der Waals surface area contributed by atoms with Gasteiger partial charge in [0.15, 0.2) is 0 Å². The van der Waals surface area contributed by atoms with E-state index in [4.69, 9.17) is 5.73 Å². The summed E-state index contributed by atoms with van der Waals surface area (Å²) in [6.45, 7) is 6.99. The molecule has 0 radical (unpaired) electrons. The normalized spacial score (nSPS) is 10.7. The molecule has 0 unspecified atom stereocenters. The first kappa shape index (κ1) is 16.8. The number of nitrogens with zero attached hydrogens (tertiary/aromatic N) is 1. The highest BCUT2D eigenvalue weighted by atomic mass is 16.2. The molecule has 0 aromatic carbocycles. The van der Waals surface area contributed by atoms with Gasteiger partial charge in [-0.05, 0) is 12.8 Å². The minimum atomic E-state index is -0.579. The van der Waals surface area contributed by atoms with Crippen molar-refractivity contribution in [3.8, 4) is 0 Å². The molecule has 0 fully saturated rings. The van der Waals surface area contributed by atoms with Gasteiger partial charge in [-0.15, -0.1) is 0 Å². The summed E-state index contributed by atoms with van der Waals surface area (Å²) in [5.74, 6) is 0.359. The van der Waals surface area contributed by atoms with Crippen LogP contribution in [0.25, 0.3) is 0 Å². The standard InChI is InChI=1S/C13H23N5O3/c1-4-18-11(14)10(12(20)17-13(18)21)15-6-5-9(19)16-7-8(2)3/h8,15H,4-7,14H2,1-3H3,(H,16,19)(H,17,20,21). The molecule has 0 aliphatic rings. The number of nitrogens with one attached hydrogen (secondary N) is 3. The number of amides is 1. The van der Waals surface area contributed by atoms with Crippen LogP contribution in [0.15, 0.2) is 9.59 Å². The summed E-state index contributed by atoms with van der Waals surface area (Å²) in [5.41, 5.74) is 4.79. The summed E-state index contributed by atoms with van der Waals surface area (Å²) in [6.07, 6.45) is 0.219. The molecule has 1 amide bonds. The second-order valence-corrected chi connectivity index (χ2v) is 5.14. The Morgan fingerprint density at radius 1 is 1.38 bits per heavy atom. The van der Waals surface area contributed by atoms with Crippen molar-refractivity contribution in [3.63, 3.8) is 0 Å². The second kappa shape index (κ2) is 7.51. The molecule has 0 bridgehead atoms. The van der Waals surface area contributed by atoms with Gasteiger partial charge in [0.1, 0.15) is 11.5 Å². The summed E-state index contributed by atoms with van der Waals surface area (Å²) in [7, 11) is 0. The number of nitrogens with two attached hydrogens (primary N) is 1. The number of carbonyl (C=O) groups excluding carboxylic acids is 1. The molecular formula is C13H23N5O3. The molecule has 0 aliphatic carbocycles. The van der Waals surface area contributed by atoms with Gasteiger partial charge in [-0.2, -0.15) is 0 Å². The molecule has 8 heteroatoms. The van der Waals surface area contributed by atoms with Crippen LogP contribution in [0, 0.1) is 5.92 Å². The predicted octanol–water partition coefficient (Wildman–Crippen LogP) is -0.287. The minimum absolute atomic E-state index is 0.0776. The summed E-state index contributed by atoms with van der Waals surface area (Å²) < 4.78 is 1.25. The zero-order chi connectivity index (χ0) is 16.0. The Hall–Kier alpha value is -2.25. The number of rotatable bonds is 7. The highest BCUT2D eigenvalue weighted by Gasteiger charge is 2.11. The van der Waals surface area contributed by atoms with Crippen molar-refractivity contribution in [3.05, 3.63) is 20.8 Å². The summed E-state index contributed by atoms with van der Waals surface area (Å²) in [4.78, 5) is 37.0. The molecule has 5 N–H and O–H groups in total. The first-order valence-corrected chi connectivity index (χ1v) is 7.00. The number of aromatic nitrogens is 2. The average Bonchev–Trinajstić information content (AvgIpc) is 2.40. The Balaban J connectivity index is 2.66. The van der Waals surface area contributed by atoms with Crippen molar-refractivity contribution in [2.45, 2.75) is 33.7 Å². The fourth-order valence-corrected chi connectivity index (χ4v) is 1.78. The van der Waals surface area contributed by atoms with Crippen LogP contribution in [0.2, 0.25) is 0 Å².